The van der Waals surface area contributed by atoms with Crippen LogP contribution >= 0.6 is 0 Å². The first-order chi connectivity index (χ1) is 14.5. The summed E-state index contributed by atoms with van der Waals surface area (Å²) < 4.78 is 5.39. The highest BCUT2D eigenvalue weighted by Gasteiger charge is 2.20. The molecule has 0 saturated heterocycles. The van der Waals surface area contributed by atoms with Crippen LogP contribution in [0.25, 0.3) is 11.0 Å². The Kier molecular flexibility index (Phi) is 7.00. The van der Waals surface area contributed by atoms with Crippen LogP contribution in [0.15, 0.2) is 42.5 Å². The Morgan fingerprint density at radius 1 is 1.03 bits per heavy atom. The fourth-order valence-corrected chi connectivity index (χ4v) is 3.63. The highest BCUT2D eigenvalue weighted by atomic mass is 16.5. The summed E-state index contributed by atoms with van der Waals surface area (Å²) in [6.45, 7) is 10.4. The second-order valence-electron chi connectivity index (χ2n) is 7.32. The monoisotopic (exact) mass is 406 g/mol. The molecule has 0 fully saturated rings. The molecule has 3 rings (SSSR count). The van der Waals surface area contributed by atoms with E-state index in [0.29, 0.717) is 12.1 Å². The van der Waals surface area contributed by atoms with Gasteiger partial charge in [-0.2, -0.15) is 0 Å². The molecule has 0 bridgehead atoms. The number of amides is 1. The fourth-order valence-electron chi connectivity index (χ4n) is 3.63. The molecule has 6 nitrogen and oxygen atoms in total. The topological polar surface area (TPSA) is 67.4 Å². The SMILES string of the molecule is CCN(CC)C(CNC(=O)c1ccc2nc(C)c(C)nc2c1)c1cccc(OC)c1. The Labute approximate surface area is 178 Å². The molecule has 1 aromatic heterocycles. The average molecular weight is 407 g/mol. The number of aryl methyl sites for hydroxylation is 2. The molecule has 2 aromatic carbocycles. The van der Waals surface area contributed by atoms with Crippen LogP contribution < -0.4 is 10.1 Å². The molecule has 30 heavy (non-hydrogen) atoms. The highest BCUT2D eigenvalue weighted by molar-refractivity contribution is 5.97. The number of benzene rings is 2. The van der Waals surface area contributed by atoms with Crippen molar-refractivity contribution < 1.29 is 9.53 Å². The van der Waals surface area contributed by atoms with E-state index in [1.165, 1.54) is 0 Å². The molecule has 0 aliphatic heterocycles. The Hall–Kier alpha value is -2.99. The van der Waals surface area contributed by atoms with Crippen molar-refractivity contribution in [1.82, 2.24) is 20.2 Å². The molecule has 3 aromatic rings. The van der Waals surface area contributed by atoms with Gasteiger partial charge < -0.3 is 10.1 Å². The number of aromatic nitrogens is 2. The van der Waals surface area contributed by atoms with Crippen molar-refractivity contribution in [3.8, 4) is 5.75 Å². The summed E-state index contributed by atoms with van der Waals surface area (Å²) in [5.74, 6) is 0.701. The Balaban J connectivity index is 1.81. The van der Waals surface area contributed by atoms with Crippen LogP contribution in [-0.2, 0) is 0 Å². The largest absolute Gasteiger partial charge is 0.497 e. The number of fused-ring (bicyclic) bond motifs is 1. The summed E-state index contributed by atoms with van der Waals surface area (Å²) in [6, 6.07) is 13.6. The molecule has 0 aliphatic rings. The lowest BCUT2D eigenvalue weighted by molar-refractivity contribution is 0.0935. The predicted molar refractivity (Wildman–Crippen MR) is 120 cm³/mol. The van der Waals surface area contributed by atoms with Gasteiger partial charge in [0.15, 0.2) is 0 Å². The highest BCUT2D eigenvalue weighted by Crippen LogP contribution is 2.24. The fraction of sp³-hybridized carbons (Fsp3) is 0.375. The van der Waals surface area contributed by atoms with Gasteiger partial charge >= 0.3 is 0 Å². The van der Waals surface area contributed by atoms with E-state index >= 15 is 0 Å². The third kappa shape index (κ3) is 4.76. The summed E-state index contributed by atoms with van der Waals surface area (Å²) >= 11 is 0. The van der Waals surface area contributed by atoms with Crippen molar-refractivity contribution in [2.75, 3.05) is 26.7 Å². The van der Waals surface area contributed by atoms with E-state index < -0.39 is 0 Å². The van der Waals surface area contributed by atoms with Gasteiger partial charge in [0.2, 0.25) is 0 Å². The minimum absolute atomic E-state index is 0.0594. The first-order valence-corrected chi connectivity index (χ1v) is 10.4. The van der Waals surface area contributed by atoms with Crippen molar-refractivity contribution in [1.29, 1.82) is 0 Å². The molecule has 0 radical (unpaired) electrons. The molecule has 1 N–H and O–H groups in total. The van der Waals surface area contributed by atoms with E-state index in [2.05, 4.69) is 40.1 Å². The van der Waals surface area contributed by atoms with Crippen LogP contribution in [-0.4, -0.2) is 47.5 Å². The number of ether oxygens (including phenoxy) is 1. The number of methoxy groups -OCH3 is 1. The third-order valence-corrected chi connectivity index (χ3v) is 5.53. The van der Waals surface area contributed by atoms with Crippen LogP contribution in [0.3, 0.4) is 0 Å². The molecule has 1 atom stereocenters. The zero-order chi connectivity index (χ0) is 21.7. The third-order valence-electron chi connectivity index (χ3n) is 5.53. The van der Waals surface area contributed by atoms with Crippen LogP contribution in [0.1, 0.15) is 47.2 Å². The second-order valence-corrected chi connectivity index (χ2v) is 7.32. The number of nitrogens with one attached hydrogen (secondary N) is 1. The number of rotatable bonds is 8. The van der Waals surface area contributed by atoms with E-state index in [1.807, 2.05) is 44.2 Å². The first kappa shape index (κ1) is 21.7. The maximum Gasteiger partial charge on any atom is 0.251 e. The zero-order valence-electron chi connectivity index (χ0n) is 18.4. The number of likely N-dealkylation sites (N-methyl/N-ethyl adjacent to an activating group) is 1. The van der Waals surface area contributed by atoms with Gasteiger partial charge in [0.25, 0.3) is 5.91 Å². The van der Waals surface area contributed by atoms with E-state index in [0.717, 1.165) is 46.8 Å². The van der Waals surface area contributed by atoms with Gasteiger partial charge in [-0.25, -0.2) is 9.97 Å². The summed E-state index contributed by atoms with van der Waals surface area (Å²) in [4.78, 5) is 24.3. The average Bonchev–Trinajstić information content (AvgIpc) is 2.77. The lowest BCUT2D eigenvalue weighted by Crippen LogP contribution is -2.38. The molecule has 1 heterocycles. The van der Waals surface area contributed by atoms with E-state index in [1.54, 1.807) is 13.2 Å². The molecule has 6 heteroatoms. The van der Waals surface area contributed by atoms with Crippen LogP contribution in [0.5, 0.6) is 5.75 Å². The number of nitrogens with zero attached hydrogens (tertiary/aromatic N) is 3. The molecule has 0 aliphatic carbocycles. The van der Waals surface area contributed by atoms with Crippen molar-refractivity contribution in [2.45, 2.75) is 33.7 Å². The maximum absolute atomic E-state index is 12.9. The number of carbonyl (C=O) groups is 1. The van der Waals surface area contributed by atoms with Crippen LogP contribution in [0, 0.1) is 13.8 Å². The lowest BCUT2D eigenvalue weighted by atomic mass is 10.0. The minimum atomic E-state index is -0.114. The molecule has 0 saturated carbocycles. The lowest BCUT2D eigenvalue weighted by Gasteiger charge is -2.30. The van der Waals surface area contributed by atoms with Gasteiger partial charge in [-0.15, -0.1) is 0 Å². The molecule has 0 spiro atoms. The standard InChI is InChI=1S/C24H30N4O2/c1-6-28(7-2)23(18-9-8-10-20(13-18)30-5)15-25-24(29)19-11-12-21-22(14-19)27-17(4)16(3)26-21/h8-14,23H,6-7,15H2,1-5H3,(H,25,29). The van der Waals surface area contributed by atoms with Crippen molar-refractivity contribution in [2.24, 2.45) is 0 Å². The normalized spacial score (nSPS) is 12.2. The van der Waals surface area contributed by atoms with Gasteiger partial charge in [-0.05, 0) is 62.8 Å². The van der Waals surface area contributed by atoms with Crippen molar-refractivity contribution in [3.63, 3.8) is 0 Å². The van der Waals surface area contributed by atoms with Crippen molar-refractivity contribution >= 4 is 16.9 Å². The van der Waals surface area contributed by atoms with E-state index in [9.17, 15) is 4.79 Å². The smallest absolute Gasteiger partial charge is 0.251 e. The first-order valence-electron chi connectivity index (χ1n) is 10.4. The summed E-state index contributed by atoms with van der Waals surface area (Å²) in [6.07, 6.45) is 0. The van der Waals surface area contributed by atoms with Crippen LogP contribution in [0.4, 0.5) is 0 Å². The number of hydrogen-bond donors (Lipinski definition) is 1. The van der Waals surface area contributed by atoms with Crippen LogP contribution in [0.2, 0.25) is 0 Å². The molecular weight excluding hydrogens is 376 g/mol. The van der Waals surface area contributed by atoms with E-state index in [-0.39, 0.29) is 11.9 Å². The van der Waals surface area contributed by atoms with E-state index in [4.69, 9.17) is 4.74 Å². The predicted octanol–water partition coefficient (Wildman–Crippen LogP) is 4.07. The number of carbonyl (C=O) groups excluding carboxylic acids is 1. The molecule has 1 amide bonds. The zero-order valence-corrected chi connectivity index (χ0v) is 18.4. The van der Waals surface area contributed by atoms with Gasteiger partial charge in [-0.3, -0.25) is 9.69 Å². The summed E-state index contributed by atoms with van der Waals surface area (Å²) in [7, 11) is 1.67. The Bertz CT molecular complexity index is 1030. The molecular formula is C24H30N4O2. The van der Waals surface area contributed by atoms with Gasteiger partial charge in [0.05, 0.1) is 35.6 Å². The maximum atomic E-state index is 12.9. The Morgan fingerprint density at radius 2 is 1.73 bits per heavy atom. The van der Waals surface area contributed by atoms with Gasteiger partial charge in [0.1, 0.15) is 5.75 Å². The summed E-state index contributed by atoms with van der Waals surface area (Å²) in [5.41, 5.74) is 5.02. The number of hydrogen-bond acceptors (Lipinski definition) is 5. The molecule has 1 unspecified atom stereocenters. The molecule has 158 valence electrons. The minimum Gasteiger partial charge on any atom is -0.497 e. The van der Waals surface area contributed by atoms with Gasteiger partial charge in [-0.1, -0.05) is 26.0 Å². The second kappa shape index (κ2) is 9.67. The quantitative estimate of drug-likeness (QED) is 0.611. The Morgan fingerprint density at radius 3 is 2.40 bits per heavy atom. The van der Waals surface area contributed by atoms with Crippen molar-refractivity contribution in [3.05, 3.63) is 65.0 Å². The van der Waals surface area contributed by atoms with Gasteiger partial charge in [0, 0.05) is 12.1 Å². The summed E-state index contributed by atoms with van der Waals surface area (Å²) in [5, 5.41) is 3.11.